The molecule has 0 saturated carbocycles. The molecule has 3 N–H and O–H groups in total. The maximum atomic E-state index is 6.23. The predicted molar refractivity (Wildman–Crippen MR) is 73.2 cm³/mol. The summed E-state index contributed by atoms with van der Waals surface area (Å²) in [5.41, 5.74) is 6.10. The van der Waals surface area contributed by atoms with Crippen molar-refractivity contribution in [1.82, 2.24) is 15.2 Å². The lowest BCUT2D eigenvalue weighted by Crippen LogP contribution is -2.29. The maximum Gasteiger partial charge on any atom is 0.0538 e. The number of aryl methyl sites for hydroxylation is 2. The molecule has 0 bridgehead atoms. The van der Waals surface area contributed by atoms with Crippen molar-refractivity contribution in [1.29, 1.82) is 0 Å². The lowest BCUT2D eigenvalue weighted by molar-refractivity contribution is 0.551. The third kappa shape index (κ3) is 2.90. The van der Waals surface area contributed by atoms with E-state index in [1.807, 2.05) is 38.5 Å². The number of benzene rings is 1. The molecule has 1 unspecified atom stereocenters. The smallest absolute Gasteiger partial charge is 0.0538 e. The molecule has 18 heavy (non-hydrogen) atoms. The minimum absolute atomic E-state index is 0.0129. The highest BCUT2D eigenvalue weighted by Gasteiger charge is 2.14. The quantitative estimate of drug-likeness (QED) is 0.657. The van der Waals surface area contributed by atoms with Crippen molar-refractivity contribution in [2.24, 2.45) is 12.9 Å². The van der Waals surface area contributed by atoms with E-state index in [2.05, 4.69) is 16.6 Å². The second-order valence-electron chi connectivity index (χ2n) is 4.47. The summed E-state index contributed by atoms with van der Waals surface area (Å²) in [6, 6.07) is 6.07. The summed E-state index contributed by atoms with van der Waals surface area (Å²) in [6.45, 7) is 2.02. The van der Waals surface area contributed by atoms with Crippen molar-refractivity contribution >= 4 is 11.6 Å². The third-order valence-electron chi connectivity index (χ3n) is 2.96. The molecular weight excluding hydrogens is 248 g/mol. The summed E-state index contributed by atoms with van der Waals surface area (Å²) in [7, 11) is 1.88. The zero-order valence-corrected chi connectivity index (χ0v) is 11.3. The van der Waals surface area contributed by atoms with E-state index in [1.54, 1.807) is 4.68 Å². The summed E-state index contributed by atoms with van der Waals surface area (Å²) < 4.78 is 1.76. The van der Waals surface area contributed by atoms with Crippen LogP contribution in [0.1, 0.15) is 22.7 Å². The van der Waals surface area contributed by atoms with Crippen LogP contribution in [0.3, 0.4) is 0 Å². The van der Waals surface area contributed by atoms with Gasteiger partial charge < -0.3 is 0 Å². The molecular formula is C13H17ClN4. The van der Waals surface area contributed by atoms with Crippen LogP contribution in [0.2, 0.25) is 5.02 Å². The van der Waals surface area contributed by atoms with Crippen molar-refractivity contribution in [3.63, 3.8) is 0 Å². The fourth-order valence-electron chi connectivity index (χ4n) is 1.93. The molecule has 4 nitrogen and oxygen atoms in total. The van der Waals surface area contributed by atoms with Crippen molar-refractivity contribution in [2.45, 2.75) is 19.4 Å². The zero-order valence-electron chi connectivity index (χ0n) is 10.5. The fraction of sp³-hybridized carbons (Fsp3) is 0.308. The topological polar surface area (TPSA) is 55.9 Å². The van der Waals surface area contributed by atoms with Gasteiger partial charge in [-0.25, -0.2) is 0 Å². The van der Waals surface area contributed by atoms with Gasteiger partial charge in [-0.05, 0) is 30.5 Å². The Morgan fingerprint density at radius 3 is 2.83 bits per heavy atom. The monoisotopic (exact) mass is 264 g/mol. The molecule has 0 spiro atoms. The van der Waals surface area contributed by atoms with Gasteiger partial charge >= 0.3 is 0 Å². The summed E-state index contributed by atoms with van der Waals surface area (Å²) in [4.78, 5) is 0. The van der Waals surface area contributed by atoms with Crippen LogP contribution >= 0.6 is 11.6 Å². The minimum Gasteiger partial charge on any atom is -0.275 e. The van der Waals surface area contributed by atoms with Crippen LogP contribution in [0.5, 0.6) is 0 Å². The minimum atomic E-state index is 0.0129. The molecule has 0 fully saturated rings. The first-order valence-corrected chi connectivity index (χ1v) is 6.17. The fourth-order valence-corrected chi connectivity index (χ4v) is 2.24. The Labute approximate surface area is 112 Å². The number of nitrogens with one attached hydrogen (secondary N) is 1. The Kier molecular flexibility index (Phi) is 4.01. The summed E-state index contributed by atoms with van der Waals surface area (Å²) in [6.07, 6.45) is 4.50. The SMILES string of the molecule is Cc1ccc(CC(NN)c2cnn(C)c2)c(Cl)c1. The van der Waals surface area contributed by atoms with Gasteiger partial charge in [0.1, 0.15) is 0 Å². The van der Waals surface area contributed by atoms with Crippen molar-refractivity contribution < 1.29 is 0 Å². The largest absolute Gasteiger partial charge is 0.275 e. The number of rotatable bonds is 4. The van der Waals surface area contributed by atoms with Gasteiger partial charge in [0.05, 0.1) is 12.2 Å². The van der Waals surface area contributed by atoms with Gasteiger partial charge in [0.15, 0.2) is 0 Å². The van der Waals surface area contributed by atoms with Crippen LogP contribution in [0.4, 0.5) is 0 Å². The van der Waals surface area contributed by atoms with E-state index in [0.29, 0.717) is 0 Å². The van der Waals surface area contributed by atoms with E-state index in [-0.39, 0.29) is 6.04 Å². The van der Waals surface area contributed by atoms with Crippen molar-refractivity contribution in [2.75, 3.05) is 0 Å². The number of hydrazine groups is 1. The molecule has 1 aromatic carbocycles. The molecule has 0 aliphatic carbocycles. The standard InChI is InChI=1S/C13H17ClN4/c1-9-3-4-10(12(14)5-9)6-13(17-15)11-7-16-18(2)8-11/h3-5,7-8,13,17H,6,15H2,1-2H3. The first-order valence-electron chi connectivity index (χ1n) is 5.80. The third-order valence-corrected chi connectivity index (χ3v) is 3.31. The molecule has 1 aromatic heterocycles. The Hall–Kier alpha value is -1.36. The van der Waals surface area contributed by atoms with Crippen molar-refractivity contribution in [3.05, 3.63) is 52.3 Å². The number of hydrogen-bond donors (Lipinski definition) is 2. The van der Waals surface area contributed by atoms with Gasteiger partial charge in [-0.15, -0.1) is 0 Å². The second-order valence-corrected chi connectivity index (χ2v) is 4.87. The molecule has 2 aromatic rings. The number of aromatic nitrogens is 2. The number of nitrogens with zero attached hydrogens (tertiary/aromatic N) is 2. The molecule has 0 saturated heterocycles. The van der Waals surface area contributed by atoms with E-state index < -0.39 is 0 Å². The lowest BCUT2D eigenvalue weighted by atomic mass is 10.0. The highest BCUT2D eigenvalue weighted by molar-refractivity contribution is 6.31. The van der Waals surface area contributed by atoms with Gasteiger partial charge in [-0.2, -0.15) is 5.10 Å². The zero-order chi connectivity index (χ0) is 13.1. The second kappa shape index (κ2) is 5.52. The molecule has 1 atom stereocenters. The van der Waals surface area contributed by atoms with Crippen molar-refractivity contribution in [3.8, 4) is 0 Å². The first-order chi connectivity index (χ1) is 8.60. The van der Waals surface area contributed by atoms with Gasteiger partial charge in [-0.3, -0.25) is 16.0 Å². The molecule has 5 heteroatoms. The Morgan fingerprint density at radius 1 is 1.50 bits per heavy atom. The van der Waals surface area contributed by atoms with Crippen LogP contribution in [-0.4, -0.2) is 9.78 Å². The summed E-state index contributed by atoms with van der Waals surface area (Å²) >= 11 is 6.23. The normalized spacial score (nSPS) is 12.7. The van der Waals surface area contributed by atoms with Gasteiger partial charge in [0.25, 0.3) is 0 Å². The Morgan fingerprint density at radius 2 is 2.28 bits per heavy atom. The molecule has 96 valence electrons. The molecule has 0 amide bonds. The summed E-state index contributed by atoms with van der Waals surface area (Å²) in [5, 5.41) is 4.93. The van der Waals surface area contributed by atoms with Crippen LogP contribution in [-0.2, 0) is 13.5 Å². The van der Waals surface area contributed by atoms with E-state index in [0.717, 1.165) is 28.1 Å². The maximum absolute atomic E-state index is 6.23. The number of halogens is 1. The van der Waals surface area contributed by atoms with Crippen LogP contribution in [0, 0.1) is 6.92 Å². The summed E-state index contributed by atoms with van der Waals surface area (Å²) in [5.74, 6) is 5.61. The van der Waals surface area contributed by atoms with E-state index in [4.69, 9.17) is 17.4 Å². The molecule has 0 radical (unpaired) electrons. The lowest BCUT2D eigenvalue weighted by Gasteiger charge is -2.15. The molecule has 0 aliphatic rings. The first kappa shape index (κ1) is 13.1. The Balaban J connectivity index is 2.20. The average molecular weight is 265 g/mol. The molecule has 2 rings (SSSR count). The van der Waals surface area contributed by atoms with Gasteiger partial charge in [0.2, 0.25) is 0 Å². The number of hydrogen-bond acceptors (Lipinski definition) is 3. The van der Waals surface area contributed by atoms with Crippen LogP contribution < -0.4 is 11.3 Å². The van der Waals surface area contributed by atoms with E-state index in [9.17, 15) is 0 Å². The van der Waals surface area contributed by atoms with Gasteiger partial charge in [-0.1, -0.05) is 23.7 Å². The van der Waals surface area contributed by atoms with E-state index >= 15 is 0 Å². The van der Waals surface area contributed by atoms with Crippen LogP contribution in [0.15, 0.2) is 30.6 Å². The average Bonchev–Trinajstić information content (AvgIpc) is 2.75. The molecule has 1 heterocycles. The Bertz CT molecular complexity index is 536. The van der Waals surface area contributed by atoms with E-state index in [1.165, 1.54) is 0 Å². The number of nitrogens with two attached hydrogens (primary N) is 1. The molecule has 0 aliphatic heterocycles. The highest BCUT2D eigenvalue weighted by Crippen LogP contribution is 2.23. The van der Waals surface area contributed by atoms with Crippen LogP contribution in [0.25, 0.3) is 0 Å². The highest BCUT2D eigenvalue weighted by atomic mass is 35.5. The van der Waals surface area contributed by atoms with Gasteiger partial charge in [0, 0.05) is 23.8 Å². The predicted octanol–water partition coefficient (Wildman–Crippen LogP) is 2.13.